The summed E-state index contributed by atoms with van der Waals surface area (Å²) in [7, 11) is 1.85. The van der Waals surface area contributed by atoms with E-state index >= 15 is 0 Å². The van der Waals surface area contributed by atoms with E-state index in [0.29, 0.717) is 11.8 Å². The predicted molar refractivity (Wildman–Crippen MR) is 62.7 cm³/mol. The molecule has 6 heteroatoms. The molecule has 1 aromatic carbocycles. The first kappa shape index (κ1) is 13.7. The van der Waals surface area contributed by atoms with Gasteiger partial charge in [-0.15, -0.1) is 0 Å². The highest BCUT2D eigenvalue weighted by atomic mass is 19.4. The van der Waals surface area contributed by atoms with Crippen molar-refractivity contribution in [3.05, 3.63) is 29.3 Å². The largest absolute Gasteiger partial charge is 0.490 e. The highest BCUT2D eigenvalue weighted by molar-refractivity contribution is 5.44. The second-order valence-corrected chi connectivity index (χ2v) is 4.51. The van der Waals surface area contributed by atoms with Crippen molar-refractivity contribution < 1.29 is 17.9 Å². The number of benzene rings is 1. The topological polar surface area (TPSA) is 45.0 Å². The first-order chi connectivity index (χ1) is 8.94. The van der Waals surface area contributed by atoms with E-state index in [-0.39, 0.29) is 6.10 Å². The van der Waals surface area contributed by atoms with Crippen molar-refractivity contribution in [3.63, 3.8) is 0 Å². The van der Waals surface area contributed by atoms with Crippen LogP contribution in [-0.4, -0.2) is 19.2 Å². The van der Waals surface area contributed by atoms with Crippen molar-refractivity contribution >= 4 is 0 Å². The third kappa shape index (κ3) is 2.99. The molecule has 2 rings (SSSR count). The van der Waals surface area contributed by atoms with E-state index in [4.69, 9.17) is 10.00 Å². The van der Waals surface area contributed by atoms with E-state index in [1.807, 2.05) is 7.05 Å². The van der Waals surface area contributed by atoms with Crippen LogP contribution in [0.2, 0.25) is 0 Å². The third-order valence-corrected chi connectivity index (χ3v) is 3.22. The zero-order valence-corrected chi connectivity index (χ0v) is 10.3. The van der Waals surface area contributed by atoms with E-state index in [2.05, 4.69) is 5.32 Å². The van der Waals surface area contributed by atoms with Gasteiger partial charge < -0.3 is 10.1 Å². The quantitative estimate of drug-likeness (QED) is 0.918. The smallest absolute Gasteiger partial charge is 0.417 e. The number of rotatable bonds is 3. The Morgan fingerprint density at radius 3 is 2.58 bits per heavy atom. The third-order valence-electron chi connectivity index (χ3n) is 3.22. The zero-order valence-electron chi connectivity index (χ0n) is 10.3. The summed E-state index contributed by atoms with van der Waals surface area (Å²) in [5.41, 5.74) is -1.33. The molecule has 0 amide bonds. The van der Waals surface area contributed by atoms with Gasteiger partial charge in [-0.05, 0) is 38.1 Å². The van der Waals surface area contributed by atoms with Gasteiger partial charge in [-0.25, -0.2) is 0 Å². The van der Waals surface area contributed by atoms with Crippen LogP contribution in [-0.2, 0) is 6.18 Å². The van der Waals surface area contributed by atoms with Crippen LogP contribution in [0.4, 0.5) is 13.2 Å². The molecule has 1 saturated carbocycles. The fourth-order valence-corrected chi connectivity index (χ4v) is 2.03. The Hall–Kier alpha value is -1.74. The minimum atomic E-state index is -4.52. The lowest BCUT2D eigenvalue weighted by Gasteiger charge is -2.35. The SMILES string of the molecule is CNC1CC(Oc2ccc(C(F)(F)F)c(C#N)c2)C1. The zero-order chi connectivity index (χ0) is 14.0. The summed E-state index contributed by atoms with van der Waals surface area (Å²) < 4.78 is 43.3. The second kappa shape index (κ2) is 5.10. The lowest BCUT2D eigenvalue weighted by atomic mass is 9.89. The molecule has 1 aromatic rings. The van der Waals surface area contributed by atoms with Gasteiger partial charge in [0.15, 0.2) is 0 Å². The molecule has 0 atom stereocenters. The standard InChI is InChI=1S/C13H13F3N2O/c1-18-9-5-11(6-9)19-10-2-3-12(13(14,15)16)8(4-10)7-17/h2-4,9,11,18H,5-6H2,1H3. The van der Waals surface area contributed by atoms with Crippen LogP contribution in [0.3, 0.4) is 0 Å². The summed E-state index contributed by atoms with van der Waals surface area (Å²) >= 11 is 0. The van der Waals surface area contributed by atoms with Crippen molar-refractivity contribution in [2.75, 3.05) is 7.05 Å². The molecule has 1 N–H and O–H groups in total. The Balaban J connectivity index is 2.10. The van der Waals surface area contributed by atoms with Gasteiger partial charge >= 0.3 is 6.18 Å². The number of nitrogens with one attached hydrogen (secondary N) is 1. The molecule has 0 aromatic heterocycles. The normalized spacial score (nSPS) is 22.5. The van der Waals surface area contributed by atoms with Crippen molar-refractivity contribution in [1.82, 2.24) is 5.32 Å². The molecule has 0 spiro atoms. The Morgan fingerprint density at radius 1 is 1.37 bits per heavy atom. The molecule has 0 saturated heterocycles. The van der Waals surface area contributed by atoms with Crippen LogP contribution in [0.1, 0.15) is 24.0 Å². The number of nitrogens with zero attached hydrogens (tertiary/aromatic N) is 1. The van der Waals surface area contributed by atoms with E-state index in [1.165, 1.54) is 6.07 Å². The van der Waals surface area contributed by atoms with Crippen molar-refractivity contribution in [3.8, 4) is 11.8 Å². The summed E-state index contributed by atoms with van der Waals surface area (Å²) in [5, 5.41) is 11.9. The number of ether oxygens (including phenoxy) is 1. The highest BCUT2D eigenvalue weighted by Gasteiger charge is 2.34. The van der Waals surface area contributed by atoms with Gasteiger partial charge in [0, 0.05) is 6.04 Å². The van der Waals surface area contributed by atoms with E-state index in [9.17, 15) is 13.2 Å². The molecular formula is C13H13F3N2O. The van der Waals surface area contributed by atoms with Crippen LogP contribution < -0.4 is 10.1 Å². The molecule has 102 valence electrons. The molecule has 0 heterocycles. The first-order valence-corrected chi connectivity index (χ1v) is 5.89. The molecule has 0 aliphatic heterocycles. The second-order valence-electron chi connectivity index (χ2n) is 4.51. The first-order valence-electron chi connectivity index (χ1n) is 5.89. The molecule has 0 radical (unpaired) electrons. The molecule has 1 fully saturated rings. The van der Waals surface area contributed by atoms with Crippen LogP contribution >= 0.6 is 0 Å². The molecular weight excluding hydrogens is 257 g/mol. The molecule has 1 aliphatic carbocycles. The average molecular weight is 270 g/mol. The maximum Gasteiger partial charge on any atom is 0.417 e. The van der Waals surface area contributed by atoms with Crippen LogP contribution in [0.25, 0.3) is 0 Å². The van der Waals surface area contributed by atoms with Crippen molar-refractivity contribution in [2.24, 2.45) is 0 Å². The molecule has 3 nitrogen and oxygen atoms in total. The van der Waals surface area contributed by atoms with Crippen molar-refractivity contribution in [2.45, 2.75) is 31.2 Å². The summed E-state index contributed by atoms with van der Waals surface area (Å²) in [6.07, 6.45) is -2.88. The Morgan fingerprint density at radius 2 is 2.05 bits per heavy atom. The summed E-state index contributed by atoms with van der Waals surface area (Å²) in [4.78, 5) is 0. The molecule has 0 bridgehead atoms. The molecule has 19 heavy (non-hydrogen) atoms. The summed E-state index contributed by atoms with van der Waals surface area (Å²) in [6.45, 7) is 0. The lowest BCUT2D eigenvalue weighted by molar-refractivity contribution is -0.137. The number of nitriles is 1. The van der Waals surface area contributed by atoms with Gasteiger partial charge in [0.1, 0.15) is 11.9 Å². The Labute approximate surface area is 109 Å². The number of halogens is 3. The Bertz CT molecular complexity index is 502. The van der Waals surface area contributed by atoms with Crippen LogP contribution in [0.5, 0.6) is 5.75 Å². The number of hydrogen-bond acceptors (Lipinski definition) is 3. The summed E-state index contributed by atoms with van der Waals surface area (Å²) in [5.74, 6) is 0.309. The van der Waals surface area contributed by atoms with Gasteiger partial charge in [0.2, 0.25) is 0 Å². The predicted octanol–water partition coefficient (Wildman–Crippen LogP) is 2.71. The van der Waals surface area contributed by atoms with Crippen LogP contribution in [0.15, 0.2) is 18.2 Å². The number of hydrogen-bond donors (Lipinski definition) is 1. The van der Waals surface area contributed by atoms with E-state index in [0.717, 1.165) is 25.0 Å². The molecule has 1 aliphatic rings. The number of alkyl halides is 3. The van der Waals surface area contributed by atoms with E-state index < -0.39 is 17.3 Å². The fourth-order valence-electron chi connectivity index (χ4n) is 2.03. The van der Waals surface area contributed by atoms with Crippen molar-refractivity contribution in [1.29, 1.82) is 5.26 Å². The minimum Gasteiger partial charge on any atom is -0.490 e. The maximum atomic E-state index is 12.6. The van der Waals surface area contributed by atoms with Gasteiger partial charge in [0.05, 0.1) is 17.2 Å². The van der Waals surface area contributed by atoms with Gasteiger partial charge in [-0.2, -0.15) is 18.4 Å². The van der Waals surface area contributed by atoms with Crippen LogP contribution in [0, 0.1) is 11.3 Å². The van der Waals surface area contributed by atoms with Gasteiger partial charge in [-0.3, -0.25) is 0 Å². The Kier molecular flexibility index (Phi) is 3.67. The van der Waals surface area contributed by atoms with Gasteiger partial charge in [0.25, 0.3) is 0 Å². The summed E-state index contributed by atoms with van der Waals surface area (Å²) in [6, 6.07) is 5.26. The average Bonchev–Trinajstić information content (AvgIpc) is 2.31. The molecule has 0 unspecified atom stereocenters. The van der Waals surface area contributed by atoms with Gasteiger partial charge in [-0.1, -0.05) is 0 Å². The fraction of sp³-hybridized carbons (Fsp3) is 0.462. The lowest BCUT2D eigenvalue weighted by Crippen LogP contribution is -2.45. The highest BCUT2D eigenvalue weighted by Crippen LogP contribution is 2.34. The monoisotopic (exact) mass is 270 g/mol. The minimum absolute atomic E-state index is 0.000676. The van der Waals surface area contributed by atoms with E-state index in [1.54, 1.807) is 6.07 Å². The maximum absolute atomic E-state index is 12.6.